The summed E-state index contributed by atoms with van der Waals surface area (Å²) in [6.07, 6.45) is 1.31. The van der Waals surface area contributed by atoms with E-state index in [4.69, 9.17) is 28.2 Å². The first-order valence-corrected chi connectivity index (χ1v) is 10.1. The van der Waals surface area contributed by atoms with Gasteiger partial charge in [0, 0.05) is 17.7 Å². The van der Waals surface area contributed by atoms with Crippen molar-refractivity contribution in [1.82, 2.24) is 5.32 Å². The molecule has 2 aromatic carbocycles. The second-order valence-corrected chi connectivity index (χ2v) is 7.71. The van der Waals surface area contributed by atoms with Gasteiger partial charge in [-0.15, -0.1) is 0 Å². The Hall–Kier alpha value is -3.82. The van der Waals surface area contributed by atoms with Gasteiger partial charge >= 0.3 is 0 Å². The quantitative estimate of drug-likeness (QED) is 0.197. The Morgan fingerprint density at radius 3 is 2.50 bits per heavy atom. The third-order valence-electron chi connectivity index (χ3n) is 4.74. The smallest absolute Gasteiger partial charge is 0.270 e. The lowest BCUT2D eigenvalue weighted by molar-refractivity contribution is -0.384. The minimum Gasteiger partial charge on any atom is -0.457 e. The van der Waals surface area contributed by atoms with Gasteiger partial charge in [-0.1, -0.05) is 29.3 Å². The number of nitro groups is 1. The lowest BCUT2D eigenvalue weighted by Crippen LogP contribution is -2.54. The zero-order valence-corrected chi connectivity index (χ0v) is 18.1. The summed E-state index contributed by atoms with van der Waals surface area (Å²) in [6, 6.07) is 14.3. The van der Waals surface area contributed by atoms with E-state index >= 15 is 0 Å². The third-order valence-corrected chi connectivity index (χ3v) is 5.33. The molecule has 10 heteroatoms. The zero-order chi connectivity index (χ0) is 23.0. The molecule has 2 amide bonds. The number of amides is 2. The fraction of sp³-hybridized carbons (Fsp3) is 0.0455. The molecule has 1 N–H and O–H groups in total. The summed E-state index contributed by atoms with van der Waals surface area (Å²) in [5.74, 6) is -0.681. The number of nitrogens with one attached hydrogen (secondary N) is 1. The highest BCUT2D eigenvalue weighted by Crippen LogP contribution is 2.33. The van der Waals surface area contributed by atoms with Crippen molar-refractivity contribution in [2.24, 2.45) is 0 Å². The number of benzene rings is 2. The Morgan fingerprint density at radius 2 is 1.84 bits per heavy atom. The number of carbonyl (C=O) groups excluding carboxylic acids is 2. The fourth-order valence-electron chi connectivity index (χ4n) is 3.12. The van der Waals surface area contributed by atoms with Crippen molar-refractivity contribution in [3.05, 3.63) is 86.6 Å². The molecular formula is C22H14ClN3O5S. The first-order chi connectivity index (χ1) is 15.2. The maximum atomic E-state index is 13.1. The molecule has 0 unspecified atom stereocenters. The molecular weight excluding hydrogens is 454 g/mol. The standard InChI is InChI=1S/C22H14ClN3O5S/c1-12-2-4-13(5-3-12)25-21(28)17(20(27)24-22(25)32)11-15-7-9-19(31-15)16-8-6-14(26(29)30)10-18(16)23/h2-11H,1H3,(H,24,27,32). The Labute approximate surface area is 192 Å². The number of hydrogen-bond acceptors (Lipinski definition) is 6. The van der Waals surface area contributed by atoms with Crippen LogP contribution in [0.5, 0.6) is 0 Å². The lowest BCUT2D eigenvalue weighted by Gasteiger charge is -2.28. The number of hydrogen-bond donors (Lipinski definition) is 1. The molecule has 0 atom stereocenters. The van der Waals surface area contributed by atoms with Crippen LogP contribution in [0, 0.1) is 17.0 Å². The molecule has 0 spiro atoms. The number of furan rings is 1. The van der Waals surface area contributed by atoms with Gasteiger partial charge in [0.1, 0.15) is 17.1 Å². The second-order valence-electron chi connectivity index (χ2n) is 6.92. The van der Waals surface area contributed by atoms with Crippen LogP contribution in [-0.2, 0) is 9.59 Å². The average Bonchev–Trinajstić information content (AvgIpc) is 3.20. The molecule has 0 radical (unpaired) electrons. The minimum absolute atomic E-state index is 0.0150. The molecule has 0 saturated carbocycles. The van der Waals surface area contributed by atoms with Gasteiger partial charge in [0.05, 0.1) is 15.6 Å². The van der Waals surface area contributed by atoms with Crippen LogP contribution >= 0.6 is 23.8 Å². The molecule has 0 bridgehead atoms. The van der Waals surface area contributed by atoms with E-state index in [0.29, 0.717) is 17.0 Å². The highest BCUT2D eigenvalue weighted by Gasteiger charge is 2.34. The van der Waals surface area contributed by atoms with E-state index in [1.807, 2.05) is 19.1 Å². The van der Waals surface area contributed by atoms with E-state index in [0.717, 1.165) is 5.56 Å². The topological polar surface area (TPSA) is 106 Å². The Balaban J connectivity index is 1.66. The number of rotatable bonds is 4. The molecule has 1 saturated heterocycles. The predicted octanol–water partition coefficient (Wildman–Crippen LogP) is 4.65. The summed E-state index contributed by atoms with van der Waals surface area (Å²) < 4.78 is 5.72. The van der Waals surface area contributed by atoms with Crippen molar-refractivity contribution in [1.29, 1.82) is 0 Å². The fourth-order valence-corrected chi connectivity index (χ4v) is 3.67. The van der Waals surface area contributed by atoms with Gasteiger partial charge in [-0.05, 0) is 55.5 Å². The molecule has 4 rings (SSSR count). The average molecular weight is 468 g/mol. The molecule has 1 aliphatic heterocycles. The highest BCUT2D eigenvalue weighted by molar-refractivity contribution is 7.80. The molecule has 3 aromatic rings. The van der Waals surface area contributed by atoms with Crippen molar-refractivity contribution in [3.63, 3.8) is 0 Å². The van der Waals surface area contributed by atoms with E-state index in [2.05, 4.69) is 5.32 Å². The SMILES string of the molecule is Cc1ccc(N2C(=O)C(=Cc3ccc(-c4ccc([N+](=O)[O-])cc4Cl)o3)C(=O)NC2=S)cc1. The van der Waals surface area contributed by atoms with Crippen LogP contribution in [0.2, 0.25) is 5.02 Å². The van der Waals surface area contributed by atoms with Crippen molar-refractivity contribution >= 4 is 58.2 Å². The van der Waals surface area contributed by atoms with Crippen LogP contribution in [0.15, 0.2) is 64.6 Å². The molecule has 1 fully saturated rings. The molecule has 0 aliphatic carbocycles. The normalized spacial score (nSPS) is 15.2. The summed E-state index contributed by atoms with van der Waals surface area (Å²) in [7, 11) is 0. The first-order valence-electron chi connectivity index (χ1n) is 9.27. The van der Waals surface area contributed by atoms with Gasteiger partial charge < -0.3 is 4.42 Å². The van der Waals surface area contributed by atoms with Crippen LogP contribution in [-0.4, -0.2) is 21.9 Å². The van der Waals surface area contributed by atoms with E-state index in [1.165, 1.54) is 29.2 Å². The second kappa shape index (κ2) is 8.37. The van der Waals surface area contributed by atoms with Crippen LogP contribution in [0.4, 0.5) is 11.4 Å². The molecule has 1 aliphatic rings. The molecule has 2 heterocycles. The van der Waals surface area contributed by atoms with Crippen molar-refractivity contribution in [2.45, 2.75) is 6.92 Å². The number of anilines is 1. The molecule has 160 valence electrons. The van der Waals surface area contributed by atoms with Gasteiger partial charge in [-0.3, -0.25) is 29.9 Å². The van der Waals surface area contributed by atoms with Crippen LogP contribution in [0.1, 0.15) is 11.3 Å². The van der Waals surface area contributed by atoms with Gasteiger partial charge in [-0.25, -0.2) is 0 Å². The van der Waals surface area contributed by atoms with Crippen molar-refractivity contribution in [3.8, 4) is 11.3 Å². The molecule has 1 aromatic heterocycles. The monoisotopic (exact) mass is 467 g/mol. The Kier molecular flexibility index (Phi) is 5.60. The summed E-state index contributed by atoms with van der Waals surface area (Å²) in [4.78, 5) is 37.1. The van der Waals surface area contributed by atoms with Crippen LogP contribution < -0.4 is 10.2 Å². The van der Waals surface area contributed by atoms with E-state index in [1.54, 1.807) is 24.3 Å². The number of nitrogens with zero attached hydrogens (tertiary/aromatic N) is 2. The zero-order valence-electron chi connectivity index (χ0n) is 16.5. The maximum Gasteiger partial charge on any atom is 0.270 e. The summed E-state index contributed by atoms with van der Waals surface area (Å²) in [6.45, 7) is 1.92. The largest absolute Gasteiger partial charge is 0.457 e. The van der Waals surface area contributed by atoms with Crippen molar-refractivity contribution < 1.29 is 18.9 Å². The number of nitro benzene ring substituents is 1. The molecule has 32 heavy (non-hydrogen) atoms. The number of non-ortho nitro benzene ring substituents is 1. The summed E-state index contributed by atoms with van der Waals surface area (Å²) in [5, 5.41) is 13.5. The number of aryl methyl sites for hydroxylation is 1. The van der Waals surface area contributed by atoms with Crippen LogP contribution in [0.3, 0.4) is 0 Å². The predicted molar refractivity (Wildman–Crippen MR) is 123 cm³/mol. The van der Waals surface area contributed by atoms with Gasteiger partial charge in [-0.2, -0.15) is 0 Å². The number of halogens is 1. The molecule has 8 nitrogen and oxygen atoms in total. The minimum atomic E-state index is -0.644. The van der Waals surface area contributed by atoms with E-state index in [9.17, 15) is 19.7 Å². The van der Waals surface area contributed by atoms with E-state index < -0.39 is 16.7 Å². The summed E-state index contributed by atoms with van der Waals surface area (Å²) >= 11 is 11.3. The van der Waals surface area contributed by atoms with Crippen LogP contribution in [0.25, 0.3) is 17.4 Å². The maximum absolute atomic E-state index is 13.1. The number of thiocarbonyl (C=S) groups is 1. The van der Waals surface area contributed by atoms with Crippen molar-refractivity contribution in [2.75, 3.05) is 4.90 Å². The third kappa shape index (κ3) is 4.03. The van der Waals surface area contributed by atoms with Gasteiger partial charge in [0.25, 0.3) is 17.5 Å². The van der Waals surface area contributed by atoms with Gasteiger partial charge in [0.15, 0.2) is 5.11 Å². The van der Waals surface area contributed by atoms with E-state index in [-0.39, 0.29) is 27.2 Å². The number of carbonyl (C=O) groups is 2. The lowest BCUT2D eigenvalue weighted by atomic mass is 10.1. The Morgan fingerprint density at radius 1 is 1.12 bits per heavy atom. The van der Waals surface area contributed by atoms with Gasteiger partial charge in [0.2, 0.25) is 0 Å². The summed E-state index contributed by atoms with van der Waals surface area (Å²) in [5.41, 5.74) is 1.66. The first kappa shape index (κ1) is 21.4. The highest BCUT2D eigenvalue weighted by atomic mass is 35.5. The Bertz CT molecular complexity index is 1310.